The molecule has 1 amide bonds. The summed E-state index contributed by atoms with van der Waals surface area (Å²) >= 11 is 0. The summed E-state index contributed by atoms with van der Waals surface area (Å²) in [7, 11) is 1.78. The standard InChI is InChI=1S/C21H37NO3/c1-19(2,3)25-17-12-22(13-17)18(23)21-14-20(15-21,16-21)10-8-6-5-7-9-11-24-4/h17H,5-16H2,1-4H3. The van der Waals surface area contributed by atoms with Crippen molar-refractivity contribution < 1.29 is 14.3 Å². The lowest BCUT2D eigenvalue weighted by molar-refractivity contribution is -0.229. The Hall–Kier alpha value is -0.610. The number of hydrogen-bond donors (Lipinski definition) is 0. The van der Waals surface area contributed by atoms with Crippen LogP contribution in [0.15, 0.2) is 0 Å². The van der Waals surface area contributed by atoms with Gasteiger partial charge in [-0.1, -0.05) is 25.7 Å². The van der Waals surface area contributed by atoms with Gasteiger partial charge in [-0.25, -0.2) is 0 Å². The van der Waals surface area contributed by atoms with E-state index in [1.54, 1.807) is 7.11 Å². The number of nitrogens with zero attached hydrogens (tertiary/aromatic N) is 1. The topological polar surface area (TPSA) is 38.8 Å². The van der Waals surface area contributed by atoms with Gasteiger partial charge in [0.15, 0.2) is 0 Å². The van der Waals surface area contributed by atoms with E-state index in [1.807, 2.05) is 4.90 Å². The van der Waals surface area contributed by atoms with E-state index in [2.05, 4.69) is 20.8 Å². The molecule has 3 saturated carbocycles. The van der Waals surface area contributed by atoms with Crippen molar-refractivity contribution in [2.45, 2.75) is 90.3 Å². The third-order valence-electron chi connectivity index (χ3n) is 6.30. The molecule has 4 rings (SSSR count). The molecule has 0 radical (unpaired) electrons. The Morgan fingerprint density at radius 3 is 2.24 bits per heavy atom. The van der Waals surface area contributed by atoms with Crippen LogP contribution >= 0.6 is 0 Å². The fraction of sp³-hybridized carbons (Fsp3) is 0.952. The van der Waals surface area contributed by atoms with Crippen molar-refractivity contribution >= 4 is 5.91 Å². The van der Waals surface area contributed by atoms with Gasteiger partial charge in [-0.2, -0.15) is 0 Å². The molecule has 3 aliphatic carbocycles. The number of rotatable bonds is 10. The highest BCUT2D eigenvalue weighted by Gasteiger charge is 2.71. The van der Waals surface area contributed by atoms with Gasteiger partial charge in [-0.05, 0) is 58.3 Å². The third kappa shape index (κ3) is 4.21. The first kappa shape index (κ1) is 19.2. The monoisotopic (exact) mass is 351 g/mol. The number of amides is 1. The second-order valence-electron chi connectivity index (χ2n) is 9.88. The van der Waals surface area contributed by atoms with Gasteiger partial charge in [-0.15, -0.1) is 0 Å². The maximum atomic E-state index is 12.8. The number of carbonyl (C=O) groups excluding carboxylic acids is 1. The van der Waals surface area contributed by atoms with Crippen LogP contribution in [0.3, 0.4) is 0 Å². The fourth-order valence-electron chi connectivity index (χ4n) is 5.28. The van der Waals surface area contributed by atoms with Gasteiger partial charge in [0, 0.05) is 26.8 Å². The molecule has 4 nitrogen and oxygen atoms in total. The molecule has 4 aliphatic rings. The average Bonchev–Trinajstić information content (AvgIpc) is 2.40. The first-order valence-corrected chi connectivity index (χ1v) is 10.2. The van der Waals surface area contributed by atoms with Crippen LogP contribution in [0, 0.1) is 10.8 Å². The molecule has 0 N–H and O–H groups in total. The molecule has 1 saturated heterocycles. The first-order chi connectivity index (χ1) is 11.8. The molecular formula is C21H37NO3. The molecule has 144 valence electrons. The summed E-state index contributed by atoms with van der Waals surface area (Å²) < 4.78 is 11.0. The van der Waals surface area contributed by atoms with E-state index in [0.717, 1.165) is 39.0 Å². The minimum absolute atomic E-state index is 0.0329. The van der Waals surface area contributed by atoms with Crippen LogP contribution in [0.25, 0.3) is 0 Å². The summed E-state index contributed by atoms with van der Waals surface area (Å²) in [4.78, 5) is 14.8. The molecule has 4 heteroatoms. The zero-order valence-corrected chi connectivity index (χ0v) is 16.7. The second-order valence-corrected chi connectivity index (χ2v) is 9.88. The van der Waals surface area contributed by atoms with E-state index in [-0.39, 0.29) is 17.1 Å². The number of likely N-dealkylation sites (tertiary alicyclic amines) is 1. The Kier molecular flexibility index (Phi) is 5.51. The van der Waals surface area contributed by atoms with Crippen LogP contribution in [0.2, 0.25) is 0 Å². The predicted octanol–water partition coefficient (Wildman–Crippen LogP) is 4.17. The van der Waals surface area contributed by atoms with E-state index in [0.29, 0.717) is 11.3 Å². The van der Waals surface area contributed by atoms with Crippen molar-refractivity contribution in [1.29, 1.82) is 0 Å². The predicted molar refractivity (Wildman–Crippen MR) is 99.5 cm³/mol. The summed E-state index contributed by atoms with van der Waals surface area (Å²) in [5.74, 6) is 0.419. The Labute approximate surface area is 153 Å². The van der Waals surface area contributed by atoms with E-state index in [4.69, 9.17) is 9.47 Å². The minimum atomic E-state index is -0.107. The molecule has 4 fully saturated rings. The number of carbonyl (C=O) groups is 1. The van der Waals surface area contributed by atoms with E-state index in [1.165, 1.54) is 38.5 Å². The first-order valence-electron chi connectivity index (χ1n) is 10.2. The van der Waals surface area contributed by atoms with Crippen molar-refractivity contribution in [2.24, 2.45) is 10.8 Å². The van der Waals surface area contributed by atoms with E-state index >= 15 is 0 Å². The number of hydrogen-bond acceptors (Lipinski definition) is 3. The fourth-order valence-corrected chi connectivity index (χ4v) is 5.28. The number of unbranched alkanes of at least 4 members (excludes halogenated alkanes) is 4. The Morgan fingerprint density at radius 2 is 1.64 bits per heavy atom. The SMILES string of the molecule is COCCCCCCCC12CC(C(=O)N3CC(OC(C)(C)C)C3)(C1)C2. The van der Waals surface area contributed by atoms with E-state index < -0.39 is 0 Å². The van der Waals surface area contributed by atoms with Crippen molar-refractivity contribution in [1.82, 2.24) is 4.90 Å². The smallest absolute Gasteiger partial charge is 0.229 e. The molecule has 0 unspecified atom stereocenters. The summed E-state index contributed by atoms with van der Waals surface area (Å²) in [6.07, 6.45) is 11.5. The largest absolute Gasteiger partial charge is 0.385 e. The van der Waals surface area contributed by atoms with Gasteiger partial charge in [0.05, 0.1) is 17.1 Å². The zero-order chi connectivity index (χ0) is 18.1. The van der Waals surface area contributed by atoms with Crippen LogP contribution in [0.4, 0.5) is 0 Å². The average molecular weight is 352 g/mol. The van der Waals surface area contributed by atoms with Gasteiger partial charge in [-0.3, -0.25) is 4.79 Å². The lowest BCUT2D eigenvalue weighted by Gasteiger charge is -2.71. The zero-order valence-electron chi connectivity index (χ0n) is 16.7. The molecule has 0 aromatic heterocycles. The summed E-state index contributed by atoms with van der Waals surface area (Å²) in [5, 5.41) is 0. The van der Waals surface area contributed by atoms with Crippen molar-refractivity contribution in [2.75, 3.05) is 26.8 Å². The van der Waals surface area contributed by atoms with Gasteiger partial charge < -0.3 is 14.4 Å². The molecule has 2 bridgehead atoms. The lowest BCUT2D eigenvalue weighted by atomic mass is 9.33. The molecular weight excluding hydrogens is 314 g/mol. The Balaban J connectivity index is 1.28. The Morgan fingerprint density at radius 1 is 1.04 bits per heavy atom. The minimum Gasteiger partial charge on any atom is -0.385 e. The molecule has 0 atom stereocenters. The van der Waals surface area contributed by atoms with Gasteiger partial charge in [0.2, 0.25) is 5.91 Å². The lowest BCUT2D eigenvalue weighted by Crippen LogP contribution is -2.71. The molecule has 0 spiro atoms. The van der Waals surface area contributed by atoms with Crippen LogP contribution in [-0.2, 0) is 14.3 Å². The quantitative estimate of drug-likeness (QED) is 0.555. The maximum absolute atomic E-state index is 12.8. The molecule has 1 aliphatic heterocycles. The van der Waals surface area contributed by atoms with Crippen molar-refractivity contribution in [3.8, 4) is 0 Å². The molecule has 0 aromatic carbocycles. The summed E-state index contributed by atoms with van der Waals surface area (Å²) in [5.41, 5.74) is 0.462. The molecule has 25 heavy (non-hydrogen) atoms. The van der Waals surface area contributed by atoms with Gasteiger partial charge in [0.1, 0.15) is 0 Å². The van der Waals surface area contributed by atoms with Crippen molar-refractivity contribution in [3.05, 3.63) is 0 Å². The van der Waals surface area contributed by atoms with Gasteiger partial charge >= 0.3 is 0 Å². The second kappa shape index (κ2) is 7.19. The highest BCUT2D eigenvalue weighted by molar-refractivity contribution is 5.87. The summed E-state index contributed by atoms with van der Waals surface area (Å²) in [6.45, 7) is 8.74. The summed E-state index contributed by atoms with van der Waals surface area (Å²) in [6, 6.07) is 0. The van der Waals surface area contributed by atoms with E-state index in [9.17, 15) is 4.79 Å². The highest BCUT2D eigenvalue weighted by atomic mass is 16.5. The third-order valence-corrected chi connectivity index (χ3v) is 6.30. The normalized spacial score (nSPS) is 31.3. The molecule has 0 aromatic rings. The maximum Gasteiger partial charge on any atom is 0.229 e. The number of methoxy groups -OCH3 is 1. The van der Waals surface area contributed by atoms with Crippen LogP contribution in [-0.4, -0.2) is 49.3 Å². The molecule has 1 heterocycles. The highest BCUT2D eigenvalue weighted by Crippen LogP contribution is 2.75. The number of ether oxygens (including phenoxy) is 2. The van der Waals surface area contributed by atoms with Crippen LogP contribution in [0.1, 0.15) is 78.6 Å². The van der Waals surface area contributed by atoms with Gasteiger partial charge in [0.25, 0.3) is 0 Å². The Bertz CT molecular complexity index is 456. The van der Waals surface area contributed by atoms with Crippen LogP contribution < -0.4 is 0 Å². The van der Waals surface area contributed by atoms with Crippen LogP contribution in [0.5, 0.6) is 0 Å². The van der Waals surface area contributed by atoms with Crippen molar-refractivity contribution in [3.63, 3.8) is 0 Å².